The van der Waals surface area contributed by atoms with Gasteiger partial charge in [-0.1, -0.05) is 6.07 Å². The number of hydrogen-bond donors (Lipinski definition) is 3. The molecule has 3 N–H and O–H groups in total. The van der Waals surface area contributed by atoms with E-state index in [4.69, 9.17) is 0 Å². The molecular weight excluding hydrogens is 290 g/mol. The molecule has 0 unspecified atom stereocenters. The van der Waals surface area contributed by atoms with Gasteiger partial charge in [0.05, 0.1) is 5.92 Å². The van der Waals surface area contributed by atoms with E-state index in [2.05, 4.69) is 16.0 Å². The van der Waals surface area contributed by atoms with Crippen molar-refractivity contribution in [1.29, 1.82) is 0 Å². The van der Waals surface area contributed by atoms with Crippen molar-refractivity contribution in [3.05, 3.63) is 58.7 Å². The van der Waals surface area contributed by atoms with Gasteiger partial charge in [-0.15, -0.1) is 0 Å². The van der Waals surface area contributed by atoms with E-state index in [0.29, 0.717) is 5.56 Å². The summed E-state index contributed by atoms with van der Waals surface area (Å²) in [6.45, 7) is 3.56. The van der Waals surface area contributed by atoms with Crippen molar-refractivity contribution >= 4 is 23.2 Å². The highest BCUT2D eigenvalue weighted by Gasteiger charge is 2.27. The fourth-order valence-electron chi connectivity index (χ4n) is 3.13. The standard InChI is InChI=1S/C18H17N3O2/c1-10-15-7-11(3-5-16(15)21-17(10)22)18(23)20-14-4-2-12-8-19-9-13(12)6-14/h2-7,10,19H,8-9H2,1H3,(H,20,23)(H,21,22)/t10-/m1/s1. The first kappa shape index (κ1) is 14.0. The third kappa shape index (κ3) is 2.39. The zero-order valence-electron chi connectivity index (χ0n) is 12.8. The van der Waals surface area contributed by atoms with Crippen LogP contribution in [0.25, 0.3) is 0 Å². The number of nitrogens with one attached hydrogen (secondary N) is 3. The van der Waals surface area contributed by atoms with E-state index >= 15 is 0 Å². The summed E-state index contributed by atoms with van der Waals surface area (Å²) in [5.41, 5.74) is 5.52. The van der Waals surface area contributed by atoms with E-state index in [9.17, 15) is 9.59 Å². The minimum atomic E-state index is -0.219. The van der Waals surface area contributed by atoms with Crippen LogP contribution in [0.3, 0.4) is 0 Å². The van der Waals surface area contributed by atoms with E-state index < -0.39 is 0 Å². The molecular formula is C18H17N3O2. The van der Waals surface area contributed by atoms with Crippen LogP contribution in [0.5, 0.6) is 0 Å². The Bertz CT molecular complexity index is 829. The second-order valence-corrected chi connectivity index (χ2v) is 6.05. The Morgan fingerprint density at radius 1 is 1.13 bits per heavy atom. The maximum Gasteiger partial charge on any atom is 0.255 e. The van der Waals surface area contributed by atoms with Crippen LogP contribution in [0.15, 0.2) is 36.4 Å². The summed E-state index contributed by atoms with van der Waals surface area (Å²) in [6, 6.07) is 11.3. The number of fused-ring (bicyclic) bond motifs is 2. The van der Waals surface area contributed by atoms with E-state index in [1.54, 1.807) is 18.2 Å². The second-order valence-electron chi connectivity index (χ2n) is 6.05. The third-order valence-electron chi connectivity index (χ3n) is 4.53. The summed E-state index contributed by atoms with van der Waals surface area (Å²) in [5, 5.41) is 9.03. The van der Waals surface area contributed by atoms with Crippen molar-refractivity contribution in [2.75, 3.05) is 10.6 Å². The van der Waals surface area contributed by atoms with Gasteiger partial charge in [0.15, 0.2) is 0 Å². The van der Waals surface area contributed by atoms with E-state index in [1.165, 1.54) is 11.1 Å². The summed E-state index contributed by atoms with van der Waals surface area (Å²) < 4.78 is 0. The Morgan fingerprint density at radius 2 is 1.96 bits per heavy atom. The summed E-state index contributed by atoms with van der Waals surface area (Å²) in [4.78, 5) is 24.2. The molecule has 2 heterocycles. The van der Waals surface area contributed by atoms with Gasteiger partial charge in [-0.3, -0.25) is 9.59 Å². The van der Waals surface area contributed by atoms with Gasteiger partial charge in [0.2, 0.25) is 5.91 Å². The lowest BCUT2D eigenvalue weighted by Crippen LogP contribution is -2.12. The minimum Gasteiger partial charge on any atom is -0.325 e. The van der Waals surface area contributed by atoms with Crippen molar-refractivity contribution in [3.63, 3.8) is 0 Å². The SMILES string of the molecule is C[C@H]1C(=O)Nc2ccc(C(=O)Nc3ccc4c(c3)CNC4)cc21. The molecule has 2 aliphatic heterocycles. The van der Waals surface area contributed by atoms with Gasteiger partial charge in [0.1, 0.15) is 0 Å². The lowest BCUT2D eigenvalue weighted by Gasteiger charge is -2.09. The molecule has 0 spiro atoms. The fraction of sp³-hybridized carbons (Fsp3) is 0.222. The molecule has 2 aromatic carbocycles. The summed E-state index contributed by atoms with van der Waals surface area (Å²) >= 11 is 0. The van der Waals surface area contributed by atoms with Crippen molar-refractivity contribution in [3.8, 4) is 0 Å². The first-order valence-corrected chi connectivity index (χ1v) is 7.70. The zero-order valence-corrected chi connectivity index (χ0v) is 12.8. The molecule has 2 amide bonds. The molecule has 23 heavy (non-hydrogen) atoms. The first-order chi connectivity index (χ1) is 11.1. The number of benzene rings is 2. The van der Waals surface area contributed by atoms with Crippen molar-refractivity contribution in [1.82, 2.24) is 5.32 Å². The molecule has 2 aromatic rings. The van der Waals surface area contributed by atoms with Crippen molar-refractivity contribution in [2.45, 2.75) is 25.9 Å². The Kier molecular flexibility index (Phi) is 3.16. The third-order valence-corrected chi connectivity index (χ3v) is 4.53. The van der Waals surface area contributed by atoms with Crippen LogP contribution in [0.1, 0.15) is 39.9 Å². The molecule has 0 fully saturated rings. The van der Waals surface area contributed by atoms with Crippen LogP contribution in [0, 0.1) is 0 Å². The van der Waals surface area contributed by atoms with Crippen LogP contribution in [0.2, 0.25) is 0 Å². The highest BCUT2D eigenvalue weighted by molar-refractivity contribution is 6.07. The normalized spacial score (nSPS) is 18.3. The van der Waals surface area contributed by atoms with Crippen LogP contribution >= 0.6 is 0 Å². The quantitative estimate of drug-likeness (QED) is 0.798. The van der Waals surface area contributed by atoms with Gasteiger partial charge in [0.25, 0.3) is 5.91 Å². The van der Waals surface area contributed by atoms with Crippen molar-refractivity contribution < 1.29 is 9.59 Å². The molecule has 1 atom stereocenters. The summed E-state index contributed by atoms with van der Waals surface area (Å²) in [5.74, 6) is -0.405. The summed E-state index contributed by atoms with van der Waals surface area (Å²) in [6.07, 6.45) is 0. The van der Waals surface area contributed by atoms with Crippen LogP contribution in [-0.2, 0) is 17.9 Å². The highest BCUT2D eigenvalue weighted by Crippen LogP contribution is 2.32. The van der Waals surface area contributed by atoms with E-state index in [-0.39, 0.29) is 17.7 Å². The molecule has 0 saturated heterocycles. The number of carbonyl (C=O) groups excluding carboxylic acids is 2. The van der Waals surface area contributed by atoms with Gasteiger partial charge in [-0.05, 0) is 53.9 Å². The van der Waals surface area contributed by atoms with Crippen LogP contribution in [-0.4, -0.2) is 11.8 Å². The number of hydrogen-bond acceptors (Lipinski definition) is 3. The predicted molar refractivity (Wildman–Crippen MR) is 88.4 cm³/mol. The molecule has 0 aromatic heterocycles. The Morgan fingerprint density at radius 3 is 2.83 bits per heavy atom. The van der Waals surface area contributed by atoms with Crippen LogP contribution in [0.4, 0.5) is 11.4 Å². The fourth-order valence-corrected chi connectivity index (χ4v) is 3.13. The molecule has 0 aliphatic carbocycles. The number of amides is 2. The molecule has 5 heteroatoms. The molecule has 2 aliphatic rings. The molecule has 5 nitrogen and oxygen atoms in total. The van der Waals surface area contributed by atoms with E-state index in [0.717, 1.165) is 30.0 Å². The Labute approximate surface area is 134 Å². The van der Waals surface area contributed by atoms with Gasteiger partial charge < -0.3 is 16.0 Å². The highest BCUT2D eigenvalue weighted by atomic mass is 16.2. The topological polar surface area (TPSA) is 70.2 Å². The van der Waals surface area contributed by atoms with Crippen molar-refractivity contribution in [2.24, 2.45) is 0 Å². The Hall–Kier alpha value is -2.66. The average Bonchev–Trinajstić information content (AvgIpc) is 3.12. The Balaban J connectivity index is 1.57. The largest absolute Gasteiger partial charge is 0.325 e. The molecule has 0 radical (unpaired) electrons. The van der Waals surface area contributed by atoms with E-state index in [1.807, 2.05) is 25.1 Å². The van der Waals surface area contributed by atoms with Gasteiger partial charge in [-0.25, -0.2) is 0 Å². The molecule has 0 bridgehead atoms. The molecule has 4 rings (SSSR count). The maximum absolute atomic E-state index is 12.5. The smallest absolute Gasteiger partial charge is 0.255 e. The molecule has 116 valence electrons. The minimum absolute atomic E-state index is 0.0244. The van der Waals surface area contributed by atoms with Gasteiger partial charge >= 0.3 is 0 Å². The lowest BCUT2D eigenvalue weighted by molar-refractivity contribution is -0.116. The predicted octanol–water partition coefficient (Wildman–Crippen LogP) is 2.60. The number of carbonyl (C=O) groups is 2. The van der Waals surface area contributed by atoms with Crippen LogP contribution < -0.4 is 16.0 Å². The van der Waals surface area contributed by atoms with Gasteiger partial charge in [0, 0.05) is 30.0 Å². The maximum atomic E-state index is 12.5. The monoisotopic (exact) mass is 307 g/mol. The second kappa shape index (κ2) is 5.21. The number of anilines is 2. The summed E-state index contributed by atoms with van der Waals surface area (Å²) in [7, 11) is 0. The first-order valence-electron chi connectivity index (χ1n) is 7.70. The van der Waals surface area contributed by atoms with Gasteiger partial charge in [-0.2, -0.15) is 0 Å². The zero-order chi connectivity index (χ0) is 16.0. The lowest BCUT2D eigenvalue weighted by atomic mass is 10.00. The molecule has 0 saturated carbocycles. The number of rotatable bonds is 2. The average molecular weight is 307 g/mol.